The van der Waals surface area contributed by atoms with Crippen LogP contribution in [0.4, 0.5) is 0 Å². The van der Waals surface area contributed by atoms with Crippen LogP contribution in [0.2, 0.25) is 0 Å². The van der Waals surface area contributed by atoms with Crippen LogP contribution in [0.15, 0.2) is 55.1 Å². The summed E-state index contributed by atoms with van der Waals surface area (Å²) in [6.07, 6.45) is 12.4. The second kappa shape index (κ2) is 12.6. The Balaban J connectivity index is 1.53. The quantitative estimate of drug-likeness (QED) is 0.263. The topological polar surface area (TPSA) is 29.5 Å². The highest BCUT2D eigenvalue weighted by molar-refractivity contribution is 5.86. The molecule has 0 radical (unpaired) electrons. The normalized spacial score (nSPS) is 18.0. The number of likely N-dealkylation sites (N-methyl/N-ethyl adjacent to an activating group) is 1. The molecule has 0 unspecified atom stereocenters. The van der Waals surface area contributed by atoms with Gasteiger partial charge in [0.05, 0.1) is 6.54 Å². The Hall–Kier alpha value is -2.55. The minimum atomic E-state index is -0.0888. The summed E-state index contributed by atoms with van der Waals surface area (Å²) in [7, 11) is 1.76. The van der Waals surface area contributed by atoms with Crippen molar-refractivity contribution in [2.45, 2.75) is 71.1 Å². The van der Waals surface area contributed by atoms with Crippen LogP contribution in [0.3, 0.4) is 0 Å². The van der Waals surface area contributed by atoms with Gasteiger partial charge in [0.25, 0.3) is 0 Å². The Morgan fingerprint density at radius 1 is 1.06 bits per heavy atom. The number of ether oxygens (including phenoxy) is 1. The predicted molar refractivity (Wildman–Crippen MR) is 139 cm³/mol. The second-order valence-corrected chi connectivity index (χ2v) is 9.63. The van der Waals surface area contributed by atoms with Gasteiger partial charge in [0.1, 0.15) is 12.4 Å². The van der Waals surface area contributed by atoms with E-state index in [2.05, 4.69) is 56.8 Å². The van der Waals surface area contributed by atoms with Gasteiger partial charge in [0, 0.05) is 7.05 Å². The van der Waals surface area contributed by atoms with E-state index >= 15 is 0 Å². The summed E-state index contributed by atoms with van der Waals surface area (Å²) in [5.74, 6) is 2.46. The van der Waals surface area contributed by atoms with E-state index in [0.717, 1.165) is 23.1 Å². The van der Waals surface area contributed by atoms with Crippen LogP contribution < -0.4 is 4.74 Å². The molecule has 1 aliphatic rings. The lowest BCUT2D eigenvalue weighted by Gasteiger charge is -2.29. The fraction of sp³-hybridized carbons (Fsp3) is 0.500. The van der Waals surface area contributed by atoms with Crippen molar-refractivity contribution >= 4 is 5.91 Å². The molecule has 0 bridgehead atoms. The lowest BCUT2D eigenvalue weighted by atomic mass is 9.77. The van der Waals surface area contributed by atoms with E-state index < -0.39 is 0 Å². The van der Waals surface area contributed by atoms with Crippen molar-refractivity contribution in [2.75, 3.05) is 20.2 Å². The zero-order chi connectivity index (χ0) is 23.6. The van der Waals surface area contributed by atoms with Gasteiger partial charge in [0.2, 0.25) is 5.91 Å². The highest BCUT2D eigenvalue weighted by Crippen LogP contribution is 2.38. The summed E-state index contributed by atoms with van der Waals surface area (Å²) in [5.41, 5.74) is 5.07. The van der Waals surface area contributed by atoms with Crippen molar-refractivity contribution in [3.63, 3.8) is 0 Å². The molecule has 1 amide bonds. The summed E-state index contributed by atoms with van der Waals surface area (Å²) in [6.45, 7) is 8.88. The first-order valence-corrected chi connectivity index (χ1v) is 12.7. The molecular weight excluding hydrogens is 406 g/mol. The van der Waals surface area contributed by atoms with Crippen LogP contribution in [-0.2, 0) is 4.79 Å². The molecule has 0 saturated heterocycles. The third-order valence-electron chi connectivity index (χ3n) is 7.19. The number of unbranched alkanes of at least 4 members (excludes halogenated alkanes) is 2. The van der Waals surface area contributed by atoms with E-state index in [9.17, 15) is 4.79 Å². The molecule has 0 aromatic heterocycles. The Labute approximate surface area is 200 Å². The maximum absolute atomic E-state index is 11.6. The number of hydrogen-bond acceptors (Lipinski definition) is 2. The monoisotopic (exact) mass is 447 g/mol. The third-order valence-corrected chi connectivity index (χ3v) is 7.19. The summed E-state index contributed by atoms with van der Waals surface area (Å²) in [5, 5.41) is 0. The van der Waals surface area contributed by atoms with Crippen molar-refractivity contribution in [3.05, 3.63) is 66.2 Å². The largest absolute Gasteiger partial charge is 0.491 e. The number of benzene rings is 2. The molecule has 0 heterocycles. The maximum atomic E-state index is 11.6. The molecule has 0 N–H and O–H groups in total. The smallest absolute Gasteiger partial charge is 0.245 e. The van der Waals surface area contributed by atoms with Gasteiger partial charge in [-0.25, -0.2) is 0 Å². The molecule has 33 heavy (non-hydrogen) atoms. The van der Waals surface area contributed by atoms with E-state index in [1.54, 1.807) is 11.9 Å². The van der Waals surface area contributed by atoms with Crippen molar-refractivity contribution in [3.8, 4) is 16.9 Å². The second-order valence-electron chi connectivity index (χ2n) is 9.63. The molecule has 1 saturated carbocycles. The van der Waals surface area contributed by atoms with Gasteiger partial charge in [0.15, 0.2) is 0 Å². The molecule has 1 aliphatic carbocycles. The first-order valence-electron chi connectivity index (χ1n) is 12.7. The van der Waals surface area contributed by atoms with E-state index in [0.29, 0.717) is 13.2 Å². The van der Waals surface area contributed by atoms with Crippen molar-refractivity contribution in [1.82, 2.24) is 4.90 Å². The third kappa shape index (κ3) is 7.22. The lowest BCUT2D eigenvalue weighted by Crippen LogP contribution is -2.29. The SMILES string of the molecule is C=CC(=O)N(C)CCOc1ccc(-c2ccc(C3CCC(CCCCC)CC3)cc2)cc1C. The Kier molecular flexibility index (Phi) is 9.60. The van der Waals surface area contributed by atoms with Gasteiger partial charge in [-0.2, -0.15) is 0 Å². The minimum Gasteiger partial charge on any atom is -0.491 e. The molecule has 0 spiro atoms. The Morgan fingerprint density at radius 3 is 2.39 bits per heavy atom. The summed E-state index contributed by atoms with van der Waals surface area (Å²) in [4.78, 5) is 13.2. The van der Waals surface area contributed by atoms with E-state index in [1.807, 2.05) is 6.07 Å². The van der Waals surface area contributed by atoms with Gasteiger partial charge in [-0.1, -0.05) is 69.5 Å². The summed E-state index contributed by atoms with van der Waals surface area (Å²) >= 11 is 0. The lowest BCUT2D eigenvalue weighted by molar-refractivity contribution is -0.125. The van der Waals surface area contributed by atoms with E-state index in [1.165, 1.54) is 74.1 Å². The van der Waals surface area contributed by atoms with Gasteiger partial charge in [-0.05, 0) is 84.9 Å². The fourth-order valence-corrected chi connectivity index (χ4v) is 4.96. The highest BCUT2D eigenvalue weighted by Gasteiger charge is 2.22. The number of aryl methyl sites for hydroxylation is 1. The molecule has 3 nitrogen and oxygen atoms in total. The van der Waals surface area contributed by atoms with E-state index in [-0.39, 0.29) is 5.91 Å². The molecule has 0 atom stereocenters. The number of nitrogens with zero attached hydrogens (tertiary/aromatic N) is 1. The summed E-state index contributed by atoms with van der Waals surface area (Å²) < 4.78 is 5.90. The number of rotatable bonds is 11. The van der Waals surface area contributed by atoms with Crippen LogP contribution in [0.25, 0.3) is 11.1 Å². The molecule has 2 aromatic rings. The number of carbonyl (C=O) groups is 1. The average Bonchev–Trinajstić information content (AvgIpc) is 2.85. The first kappa shape index (κ1) is 25.1. The molecule has 0 aliphatic heterocycles. The van der Waals surface area contributed by atoms with Crippen LogP contribution in [-0.4, -0.2) is 31.0 Å². The molecular formula is C30H41NO2. The molecule has 1 fully saturated rings. The van der Waals surface area contributed by atoms with Crippen LogP contribution >= 0.6 is 0 Å². The van der Waals surface area contributed by atoms with Crippen LogP contribution in [0.1, 0.15) is 75.3 Å². The maximum Gasteiger partial charge on any atom is 0.245 e. The zero-order valence-corrected chi connectivity index (χ0v) is 20.8. The van der Waals surface area contributed by atoms with E-state index in [4.69, 9.17) is 4.74 Å². The zero-order valence-electron chi connectivity index (χ0n) is 20.8. The molecule has 3 rings (SSSR count). The Bertz CT molecular complexity index is 894. The minimum absolute atomic E-state index is 0.0888. The molecule has 2 aromatic carbocycles. The van der Waals surface area contributed by atoms with Gasteiger partial charge >= 0.3 is 0 Å². The van der Waals surface area contributed by atoms with Crippen LogP contribution in [0.5, 0.6) is 5.75 Å². The number of amides is 1. The number of carbonyl (C=O) groups excluding carboxylic acids is 1. The standard InChI is InChI=1S/C30H41NO2/c1-5-7-8-9-24-10-12-25(13-11-24)26-14-16-27(17-15-26)28-18-19-29(23(3)22-28)33-21-20-31(4)30(32)6-2/h6,14-19,22,24-25H,2,5,7-13,20-21H2,1,3-4H3. The average molecular weight is 448 g/mol. The highest BCUT2D eigenvalue weighted by atomic mass is 16.5. The first-order chi connectivity index (χ1) is 16.0. The molecule has 178 valence electrons. The Morgan fingerprint density at radius 2 is 1.76 bits per heavy atom. The fourth-order valence-electron chi connectivity index (χ4n) is 4.96. The van der Waals surface area contributed by atoms with Gasteiger partial charge in [-0.15, -0.1) is 0 Å². The number of hydrogen-bond donors (Lipinski definition) is 0. The van der Waals surface area contributed by atoms with Crippen LogP contribution in [0, 0.1) is 12.8 Å². The van der Waals surface area contributed by atoms with Crippen molar-refractivity contribution < 1.29 is 9.53 Å². The summed E-state index contributed by atoms with van der Waals surface area (Å²) in [6, 6.07) is 15.6. The van der Waals surface area contributed by atoms with Gasteiger partial charge < -0.3 is 9.64 Å². The van der Waals surface area contributed by atoms with Gasteiger partial charge in [-0.3, -0.25) is 4.79 Å². The van der Waals surface area contributed by atoms with Crippen molar-refractivity contribution in [2.24, 2.45) is 5.92 Å². The molecule has 3 heteroatoms. The van der Waals surface area contributed by atoms with Crippen molar-refractivity contribution in [1.29, 1.82) is 0 Å². The predicted octanol–water partition coefficient (Wildman–Crippen LogP) is 7.54.